The smallest absolute Gasteiger partial charge is 0.145 e. The Bertz CT molecular complexity index is 288. The second kappa shape index (κ2) is 10.4. The first kappa shape index (κ1) is 16.3. The van der Waals surface area contributed by atoms with Crippen LogP contribution in [0.4, 0.5) is 0 Å². The van der Waals surface area contributed by atoms with E-state index in [1.165, 1.54) is 12.0 Å². The van der Waals surface area contributed by atoms with Crippen LogP contribution in [0.15, 0.2) is 30.3 Å². The minimum absolute atomic E-state index is 0.149. The maximum Gasteiger partial charge on any atom is 0.494 e. The van der Waals surface area contributed by atoms with E-state index in [9.17, 15) is 4.57 Å². The summed E-state index contributed by atoms with van der Waals surface area (Å²) in [6.45, 7) is 8.36. The number of hydrogen-bond donors (Lipinski definition) is 0. The summed E-state index contributed by atoms with van der Waals surface area (Å²) in [5.41, 5.74) is 1.45. The van der Waals surface area contributed by atoms with Crippen LogP contribution in [-0.2, 0) is 9.09 Å². The summed E-state index contributed by atoms with van der Waals surface area (Å²) in [7, 11) is -0.605. The van der Waals surface area contributed by atoms with Crippen LogP contribution in [-0.4, -0.2) is 6.10 Å². The molecule has 0 aliphatic heterocycles. The lowest BCUT2D eigenvalue weighted by Gasteiger charge is -2.06. The van der Waals surface area contributed by atoms with E-state index >= 15 is 0 Å². The van der Waals surface area contributed by atoms with Gasteiger partial charge >= 0.3 is 8.69 Å². The van der Waals surface area contributed by atoms with E-state index in [2.05, 4.69) is 48.7 Å². The summed E-state index contributed by atoms with van der Waals surface area (Å²) in [5, 5.41) is 0. The van der Waals surface area contributed by atoms with E-state index in [1.807, 2.05) is 13.8 Å². The highest BCUT2D eigenvalue weighted by Gasteiger charge is 2.00. The van der Waals surface area contributed by atoms with E-state index < -0.39 is 8.69 Å². The third-order valence-electron chi connectivity index (χ3n) is 2.81. The van der Waals surface area contributed by atoms with Gasteiger partial charge in [0.05, 0.1) is 0 Å². The standard InChI is InChI=1S/C10H14.C4H10O2P/c1-3-9(2)10-7-5-4-6-8-10;1-3-4(2)6-7-5/h4-9H,3H2,1-2H3;4,7H,3H2,1-2H3/q;+1. The van der Waals surface area contributed by atoms with Gasteiger partial charge in [-0.3, -0.25) is 0 Å². The molecule has 0 heterocycles. The van der Waals surface area contributed by atoms with Gasteiger partial charge in [-0.05, 0) is 35.8 Å². The van der Waals surface area contributed by atoms with Crippen molar-refractivity contribution in [1.29, 1.82) is 0 Å². The van der Waals surface area contributed by atoms with Gasteiger partial charge in [0.2, 0.25) is 0 Å². The molecule has 3 atom stereocenters. The van der Waals surface area contributed by atoms with Crippen LogP contribution in [0.3, 0.4) is 0 Å². The Labute approximate surface area is 107 Å². The third-order valence-corrected chi connectivity index (χ3v) is 3.30. The first-order valence-corrected chi connectivity index (χ1v) is 7.05. The molecule has 0 spiro atoms. The highest BCUT2D eigenvalue weighted by molar-refractivity contribution is 7.17. The lowest BCUT2D eigenvalue weighted by Crippen LogP contribution is -1.96. The predicted molar refractivity (Wildman–Crippen MR) is 75.0 cm³/mol. The molecular weight excluding hydrogens is 231 g/mol. The molecule has 1 aromatic rings. The summed E-state index contributed by atoms with van der Waals surface area (Å²) < 4.78 is 14.4. The summed E-state index contributed by atoms with van der Waals surface area (Å²) >= 11 is 0. The normalized spacial score (nSPS) is 13.6. The van der Waals surface area contributed by atoms with Crippen molar-refractivity contribution in [2.45, 2.75) is 52.6 Å². The van der Waals surface area contributed by atoms with Crippen LogP contribution in [0.25, 0.3) is 0 Å². The Morgan fingerprint density at radius 1 is 1.12 bits per heavy atom. The molecule has 0 saturated carbocycles. The van der Waals surface area contributed by atoms with Crippen LogP contribution < -0.4 is 0 Å². The Morgan fingerprint density at radius 2 is 1.71 bits per heavy atom. The molecule has 3 heteroatoms. The molecule has 0 aliphatic carbocycles. The average molecular weight is 255 g/mol. The highest BCUT2D eigenvalue weighted by atomic mass is 31.1. The zero-order valence-electron chi connectivity index (χ0n) is 11.3. The van der Waals surface area contributed by atoms with E-state index in [-0.39, 0.29) is 6.10 Å². The van der Waals surface area contributed by atoms with Gasteiger partial charge in [0, 0.05) is 0 Å². The lowest BCUT2D eigenvalue weighted by atomic mass is 9.99. The molecule has 2 nitrogen and oxygen atoms in total. The molecule has 0 fully saturated rings. The molecule has 0 amide bonds. The van der Waals surface area contributed by atoms with E-state index in [0.717, 1.165) is 6.42 Å². The number of benzene rings is 1. The largest absolute Gasteiger partial charge is 0.494 e. The molecule has 3 unspecified atom stereocenters. The van der Waals surface area contributed by atoms with Gasteiger partial charge in [0.1, 0.15) is 6.10 Å². The van der Waals surface area contributed by atoms with Crippen LogP contribution in [0, 0.1) is 0 Å². The molecule has 0 bridgehead atoms. The first-order valence-electron chi connectivity index (χ1n) is 6.23. The Balaban J connectivity index is 0.000000325. The number of rotatable bonds is 5. The highest BCUT2D eigenvalue weighted by Crippen LogP contribution is 2.16. The molecule has 1 aromatic carbocycles. The summed E-state index contributed by atoms with van der Waals surface area (Å²) in [5.74, 6) is 0.709. The Morgan fingerprint density at radius 3 is 2.06 bits per heavy atom. The van der Waals surface area contributed by atoms with Crippen molar-refractivity contribution in [3.63, 3.8) is 0 Å². The van der Waals surface area contributed by atoms with Crippen LogP contribution in [0.2, 0.25) is 0 Å². The van der Waals surface area contributed by atoms with Crippen LogP contribution in [0.5, 0.6) is 0 Å². The zero-order valence-corrected chi connectivity index (χ0v) is 12.3. The van der Waals surface area contributed by atoms with Crippen molar-refractivity contribution in [2.24, 2.45) is 0 Å². The maximum absolute atomic E-state index is 9.70. The van der Waals surface area contributed by atoms with E-state index in [1.54, 1.807) is 0 Å². The molecule has 0 radical (unpaired) electrons. The summed E-state index contributed by atoms with van der Waals surface area (Å²) in [6.07, 6.45) is 2.30. The fourth-order valence-corrected chi connectivity index (χ4v) is 1.51. The minimum atomic E-state index is -0.605. The van der Waals surface area contributed by atoms with Crippen LogP contribution >= 0.6 is 8.69 Å². The Hall–Kier alpha value is -0.720. The minimum Gasteiger partial charge on any atom is -0.145 e. The van der Waals surface area contributed by atoms with Gasteiger partial charge in [-0.25, -0.2) is 0 Å². The van der Waals surface area contributed by atoms with E-state index in [0.29, 0.717) is 5.92 Å². The predicted octanol–water partition coefficient (Wildman–Crippen LogP) is 4.94. The zero-order chi connectivity index (χ0) is 13.1. The first-order chi connectivity index (χ1) is 8.15. The van der Waals surface area contributed by atoms with Gasteiger partial charge in [-0.15, -0.1) is 4.52 Å². The second-order valence-corrected chi connectivity index (χ2v) is 4.54. The molecule has 0 aromatic heterocycles. The molecule has 17 heavy (non-hydrogen) atoms. The van der Waals surface area contributed by atoms with Crippen LogP contribution in [0.1, 0.15) is 52.0 Å². The van der Waals surface area contributed by atoms with E-state index in [4.69, 9.17) is 0 Å². The lowest BCUT2D eigenvalue weighted by molar-refractivity contribution is 0.240. The van der Waals surface area contributed by atoms with Gasteiger partial charge < -0.3 is 0 Å². The van der Waals surface area contributed by atoms with Gasteiger partial charge in [0.15, 0.2) is 0 Å². The van der Waals surface area contributed by atoms with Crippen molar-refractivity contribution in [1.82, 2.24) is 0 Å². The maximum atomic E-state index is 9.70. The molecule has 96 valence electrons. The SMILES string of the molecule is CCC(C)O[PH+]=O.CCC(C)c1ccccc1. The molecule has 0 aliphatic rings. The van der Waals surface area contributed by atoms with Crippen molar-refractivity contribution >= 4 is 8.69 Å². The van der Waals surface area contributed by atoms with Crippen molar-refractivity contribution in [3.8, 4) is 0 Å². The fourth-order valence-electron chi connectivity index (χ4n) is 1.18. The molecule has 1 rings (SSSR count). The monoisotopic (exact) mass is 255 g/mol. The third kappa shape index (κ3) is 8.06. The quantitative estimate of drug-likeness (QED) is 0.696. The van der Waals surface area contributed by atoms with Gasteiger partial charge in [-0.1, -0.05) is 51.1 Å². The van der Waals surface area contributed by atoms with Gasteiger partial charge in [0.25, 0.3) is 0 Å². The van der Waals surface area contributed by atoms with Crippen molar-refractivity contribution in [3.05, 3.63) is 35.9 Å². The summed E-state index contributed by atoms with van der Waals surface area (Å²) in [4.78, 5) is 0. The van der Waals surface area contributed by atoms with Crippen molar-refractivity contribution < 1.29 is 9.09 Å². The average Bonchev–Trinajstić information content (AvgIpc) is 2.39. The second-order valence-electron chi connectivity index (χ2n) is 4.14. The molecule has 0 N–H and O–H groups in total. The Kier molecular flexibility index (Phi) is 9.99. The van der Waals surface area contributed by atoms with Gasteiger partial charge in [-0.2, -0.15) is 0 Å². The molecular formula is C14H24O2P+. The number of hydrogen-bond acceptors (Lipinski definition) is 2. The topological polar surface area (TPSA) is 26.3 Å². The summed E-state index contributed by atoms with van der Waals surface area (Å²) in [6, 6.07) is 10.6. The van der Waals surface area contributed by atoms with Crippen molar-refractivity contribution in [2.75, 3.05) is 0 Å². The fraction of sp³-hybridized carbons (Fsp3) is 0.571. The molecule has 0 saturated heterocycles.